The fraction of sp³-hybridized carbons (Fsp3) is 0.353. The fourth-order valence-electron chi connectivity index (χ4n) is 2.68. The molecule has 1 aliphatic heterocycles. The number of hydrogen-bond donors (Lipinski definition) is 0. The molecule has 2 heterocycles. The van der Waals surface area contributed by atoms with Crippen LogP contribution < -0.4 is 4.90 Å². The Kier molecular flexibility index (Phi) is 4.76. The van der Waals surface area contributed by atoms with Crippen molar-refractivity contribution >= 4 is 23.3 Å². The van der Waals surface area contributed by atoms with Crippen molar-refractivity contribution in [2.24, 2.45) is 0 Å². The zero-order valence-corrected chi connectivity index (χ0v) is 13.8. The molecule has 0 spiro atoms. The molecule has 1 saturated heterocycles. The Morgan fingerprint density at radius 1 is 1.04 bits per heavy atom. The van der Waals surface area contributed by atoms with Crippen LogP contribution in [0.3, 0.4) is 0 Å². The zero-order chi connectivity index (χ0) is 16.2. The first-order valence-corrected chi connectivity index (χ1v) is 8.17. The van der Waals surface area contributed by atoms with Gasteiger partial charge in [-0.05, 0) is 24.3 Å². The van der Waals surface area contributed by atoms with E-state index in [-0.39, 0.29) is 5.91 Å². The summed E-state index contributed by atoms with van der Waals surface area (Å²) in [6, 6.07) is 11.5. The molecule has 1 aliphatic rings. The minimum atomic E-state index is 0.217. The summed E-state index contributed by atoms with van der Waals surface area (Å²) in [5.74, 6) is 1.07. The molecule has 1 amide bonds. The molecule has 23 heavy (non-hydrogen) atoms. The Bertz CT molecular complexity index is 664. The van der Waals surface area contributed by atoms with Crippen LogP contribution in [0.15, 0.2) is 36.4 Å². The number of anilines is 1. The average molecular weight is 331 g/mol. The van der Waals surface area contributed by atoms with Gasteiger partial charge in [-0.1, -0.05) is 30.7 Å². The summed E-state index contributed by atoms with van der Waals surface area (Å²) in [5.41, 5.74) is 1.82. The van der Waals surface area contributed by atoms with Crippen LogP contribution in [0.25, 0.3) is 11.3 Å². The number of halogens is 1. The number of rotatable bonds is 3. The molecule has 2 aromatic rings. The molecule has 120 valence electrons. The second-order valence-electron chi connectivity index (χ2n) is 5.51. The summed E-state index contributed by atoms with van der Waals surface area (Å²) >= 11 is 5.90. The Balaban J connectivity index is 1.66. The first kappa shape index (κ1) is 15.7. The largest absolute Gasteiger partial charge is 0.352 e. The van der Waals surface area contributed by atoms with Crippen molar-refractivity contribution in [2.45, 2.75) is 13.3 Å². The lowest BCUT2D eigenvalue weighted by Gasteiger charge is -2.35. The lowest BCUT2D eigenvalue weighted by molar-refractivity contribution is -0.131. The molecule has 6 heteroatoms. The summed E-state index contributed by atoms with van der Waals surface area (Å²) in [6.45, 7) is 4.97. The highest BCUT2D eigenvalue weighted by Crippen LogP contribution is 2.21. The molecule has 0 N–H and O–H groups in total. The number of benzene rings is 1. The van der Waals surface area contributed by atoms with Gasteiger partial charge in [0.15, 0.2) is 5.82 Å². The normalized spacial score (nSPS) is 14.9. The fourth-order valence-corrected chi connectivity index (χ4v) is 2.80. The molecule has 0 aliphatic carbocycles. The quantitative estimate of drug-likeness (QED) is 0.868. The molecule has 0 radical (unpaired) electrons. The first-order chi connectivity index (χ1) is 11.2. The molecule has 0 saturated carbocycles. The van der Waals surface area contributed by atoms with Crippen LogP contribution in [0.1, 0.15) is 13.3 Å². The number of piperazine rings is 1. The van der Waals surface area contributed by atoms with Crippen molar-refractivity contribution in [3.8, 4) is 11.3 Å². The Morgan fingerprint density at radius 3 is 2.30 bits per heavy atom. The van der Waals surface area contributed by atoms with Gasteiger partial charge < -0.3 is 9.80 Å². The van der Waals surface area contributed by atoms with Gasteiger partial charge in [-0.3, -0.25) is 4.79 Å². The Labute approximate surface area is 140 Å². The van der Waals surface area contributed by atoms with Crippen molar-refractivity contribution in [1.29, 1.82) is 0 Å². The third-order valence-electron chi connectivity index (χ3n) is 4.05. The van der Waals surface area contributed by atoms with Crippen LogP contribution in [0.4, 0.5) is 5.82 Å². The van der Waals surface area contributed by atoms with Gasteiger partial charge in [0.2, 0.25) is 5.91 Å². The van der Waals surface area contributed by atoms with Gasteiger partial charge in [0.05, 0.1) is 5.69 Å². The molecule has 1 aromatic carbocycles. The second kappa shape index (κ2) is 6.96. The van der Waals surface area contributed by atoms with Crippen LogP contribution in [0.5, 0.6) is 0 Å². The maximum atomic E-state index is 11.7. The zero-order valence-electron chi connectivity index (χ0n) is 13.1. The lowest BCUT2D eigenvalue weighted by atomic mass is 10.1. The van der Waals surface area contributed by atoms with E-state index in [2.05, 4.69) is 15.1 Å². The molecule has 0 bridgehead atoms. The van der Waals surface area contributed by atoms with Gasteiger partial charge in [-0.15, -0.1) is 10.2 Å². The highest BCUT2D eigenvalue weighted by atomic mass is 35.5. The molecular formula is C17H19ClN4O. The van der Waals surface area contributed by atoms with Crippen molar-refractivity contribution in [1.82, 2.24) is 15.1 Å². The smallest absolute Gasteiger partial charge is 0.222 e. The molecule has 5 nitrogen and oxygen atoms in total. The Hall–Kier alpha value is -2.14. The van der Waals surface area contributed by atoms with Crippen molar-refractivity contribution in [3.63, 3.8) is 0 Å². The van der Waals surface area contributed by atoms with Gasteiger partial charge in [0.25, 0.3) is 0 Å². The van der Waals surface area contributed by atoms with Crippen molar-refractivity contribution < 1.29 is 4.79 Å². The number of aromatic nitrogens is 2. The van der Waals surface area contributed by atoms with E-state index in [1.807, 2.05) is 48.2 Å². The SMILES string of the molecule is CCC(=O)N1CCN(c2ccc(-c3ccc(Cl)cc3)nn2)CC1. The maximum absolute atomic E-state index is 11.7. The highest BCUT2D eigenvalue weighted by Gasteiger charge is 2.20. The minimum Gasteiger partial charge on any atom is -0.352 e. The average Bonchev–Trinajstić information content (AvgIpc) is 2.62. The van der Waals surface area contributed by atoms with Crippen molar-refractivity contribution in [3.05, 3.63) is 41.4 Å². The van der Waals surface area contributed by atoms with Crippen LogP contribution in [0.2, 0.25) is 5.02 Å². The number of carbonyl (C=O) groups is 1. The summed E-state index contributed by atoms with van der Waals surface area (Å²) in [4.78, 5) is 15.8. The highest BCUT2D eigenvalue weighted by molar-refractivity contribution is 6.30. The van der Waals surface area contributed by atoms with E-state index in [0.29, 0.717) is 11.4 Å². The summed E-state index contributed by atoms with van der Waals surface area (Å²) in [5, 5.41) is 9.35. The predicted molar refractivity (Wildman–Crippen MR) is 91.6 cm³/mol. The van der Waals surface area contributed by atoms with Crippen LogP contribution in [-0.4, -0.2) is 47.2 Å². The number of amides is 1. The van der Waals surface area contributed by atoms with Gasteiger partial charge in [0.1, 0.15) is 0 Å². The number of carbonyl (C=O) groups excluding carboxylic acids is 1. The molecular weight excluding hydrogens is 312 g/mol. The molecule has 1 fully saturated rings. The topological polar surface area (TPSA) is 49.3 Å². The molecule has 1 aromatic heterocycles. The summed E-state index contributed by atoms with van der Waals surface area (Å²) in [7, 11) is 0. The lowest BCUT2D eigenvalue weighted by Crippen LogP contribution is -2.48. The number of hydrogen-bond acceptors (Lipinski definition) is 4. The van der Waals surface area contributed by atoms with E-state index in [1.54, 1.807) is 0 Å². The Morgan fingerprint density at radius 2 is 1.74 bits per heavy atom. The van der Waals surface area contributed by atoms with E-state index >= 15 is 0 Å². The predicted octanol–water partition coefficient (Wildman–Crippen LogP) is 2.86. The third-order valence-corrected chi connectivity index (χ3v) is 4.30. The van der Waals surface area contributed by atoms with Crippen molar-refractivity contribution in [2.75, 3.05) is 31.1 Å². The maximum Gasteiger partial charge on any atom is 0.222 e. The van der Waals surface area contributed by atoms with E-state index in [1.165, 1.54) is 0 Å². The third kappa shape index (κ3) is 3.62. The van der Waals surface area contributed by atoms with E-state index < -0.39 is 0 Å². The van der Waals surface area contributed by atoms with E-state index in [0.717, 1.165) is 43.3 Å². The van der Waals surface area contributed by atoms with Gasteiger partial charge in [-0.2, -0.15) is 0 Å². The number of nitrogens with zero attached hydrogens (tertiary/aromatic N) is 4. The molecule has 0 unspecified atom stereocenters. The summed E-state index contributed by atoms with van der Waals surface area (Å²) < 4.78 is 0. The standard InChI is InChI=1S/C17H19ClN4O/c1-2-17(23)22-11-9-21(10-12-22)16-8-7-15(19-20-16)13-3-5-14(18)6-4-13/h3-8H,2,9-12H2,1H3. The van der Waals surface area contributed by atoms with E-state index in [9.17, 15) is 4.79 Å². The molecule has 0 atom stereocenters. The van der Waals surface area contributed by atoms with Crippen LogP contribution in [-0.2, 0) is 4.79 Å². The molecule has 3 rings (SSSR count). The second-order valence-corrected chi connectivity index (χ2v) is 5.94. The van der Waals surface area contributed by atoms with Crippen LogP contribution in [0, 0.1) is 0 Å². The van der Waals surface area contributed by atoms with Gasteiger partial charge in [0, 0.05) is 43.2 Å². The van der Waals surface area contributed by atoms with Crippen LogP contribution >= 0.6 is 11.6 Å². The van der Waals surface area contributed by atoms with Gasteiger partial charge >= 0.3 is 0 Å². The summed E-state index contributed by atoms with van der Waals surface area (Å²) in [6.07, 6.45) is 0.565. The van der Waals surface area contributed by atoms with Gasteiger partial charge in [-0.25, -0.2) is 0 Å². The monoisotopic (exact) mass is 330 g/mol. The minimum absolute atomic E-state index is 0.217. The van der Waals surface area contributed by atoms with E-state index in [4.69, 9.17) is 11.6 Å². The first-order valence-electron chi connectivity index (χ1n) is 7.80.